The molecule has 2 N–H and O–H groups in total. The minimum absolute atomic E-state index is 0.0904. The average molecular weight is 347 g/mol. The van der Waals surface area contributed by atoms with Gasteiger partial charge in [-0.25, -0.2) is 0 Å². The summed E-state index contributed by atoms with van der Waals surface area (Å²) >= 11 is 3.46. The number of rotatable bonds is 3. The Labute approximate surface area is 129 Å². The summed E-state index contributed by atoms with van der Waals surface area (Å²) in [7, 11) is 0. The summed E-state index contributed by atoms with van der Waals surface area (Å²) in [5, 5.41) is 23.5. The molecule has 0 spiro atoms. The van der Waals surface area contributed by atoms with Crippen LogP contribution in [0.25, 0.3) is 11.5 Å². The highest BCUT2D eigenvalue weighted by Gasteiger charge is 2.17. The summed E-state index contributed by atoms with van der Waals surface area (Å²) < 4.78 is 6.09. The molecule has 0 saturated carbocycles. The lowest BCUT2D eigenvalue weighted by molar-refractivity contribution is 0.410. The van der Waals surface area contributed by atoms with Crippen LogP contribution >= 0.6 is 15.9 Å². The molecule has 3 rings (SSSR count). The summed E-state index contributed by atoms with van der Waals surface area (Å²) in [6, 6.07) is 12.2. The zero-order valence-electron chi connectivity index (χ0n) is 10.8. The lowest BCUT2D eigenvalue weighted by atomic mass is 10.1. The van der Waals surface area contributed by atoms with E-state index < -0.39 is 0 Å². The fraction of sp³-hybridized carbons (Fsp3) is 0.0667. The molecule has 0 aliphatic carbocycles. The first-order chi connectivity index (χ1) is 10.1. The van der Waals surface area contributed by atoms with E-state index in [1.54, 1.807) is 0 Å². The van der Waals surface area contributed by atoms with Crippen LogP contribution in [0, 0.1) is 0 Å². The first-order valence-corrected chi connectivity index (χ1v) is 7.02. The van der Waals surface area contributed by atoms with Crippen molar-refractivity contribution < 1.29 is 14.7 Å². The minimum Gasteiger partial charge on any atom is -0.507 e. The standard InChI is InChI=1S/C15H11BrN2O3/c16-10-5-2-1-4-9(10)8-13-17-15(21-18-13)14-11(19)6-3-7-12(14)20/h1-7,19-20H,8H2. The topological polar surface area (TPSA) is 79.4 Å². The van der Waals surface area contributed by atoms with E-state index in [4.69, 9.17) is 4.52 Å². The predicted octanol–water partition coefficient (Wildman–Crippen LogP) is 3.50. The Bertz CT molecular complexity index is 766. The molecule has 6 heteroatoms. The second-order valence-electron chi connectivity index (χ2n) is 4.46. The molecule has 0 atom stereocenters. The van der Waals surface area contributed by atoms with Crippen LogP contribution in [0.3, 0.4) is 0 Å². The largest absolute Gasteiger partial charge is 0.507 e. The number of aromatic hydroxyl groups is 2. The normalized spacial score (nSPS) is 10.7. The molecule has 1 aromatic heterocycles. The van der Waals surface area contributed by atoms with E-state index in [2.05, 4.69) is 26.1 Å². The zero-order valence-corrected chi connectivity index (χ0v) is 12.4. The van der Waals surface area contributed by atoms with Crippen LogP contribution in [0.5, 0.6) is 11.5 Å². The van der Waals surface area contributed by atoms with Gasteiger partial charge in [0.2, 0.25) is 0 Å². The molecule has 0 aliphatic rings. The Morgan fingerprint density at radius 3 is 2.43 bits per heavy atom. The predicted molar refractivity (Wildman–Crippen MR) is 80.0 cm³/mol. The first kappa shape index (κ1) is 13.6. The highest BCUT2D eigenvalue weighted by molar-refractivity contribution is 9.10. The van der Waals surface area contributed by atoms with Crippen molar-refractivity contribution in [2.75, 3.05) is 0 Å². The molecular weight excluding hydrogens is 336 g/mol. The monoisotopic (exact) mass is 346 g/mol. The number of nitrogens with zero attached hydrogens (tertiary/aromatic N) is 2. The molecule has 0 amide bonds. The molecule has 0 fully saturated rings. The minimum atomic E-state index is -0.105. The maximum Gasteiger partial charge on any atom is 0.265 e. The van der Waals surface area contributed by atoms with Gasteiger partial charge in [-0.15, -0.1) is 0 Å². The summed E-state index contributed by atoms with van der Waals surface area (Å²) in [6.07, 6.45) is 0.485. The Balaban J connectivity index is 1.92. The number of phenolic OH excluding ortho intramolecular Hbond substituents is 2. The number of aromatic nitrogens is 2. The maximum atomic E-state index is 9.79. The molecule has 3 aromatic rings. The average Bonchev–Trinajstić information content (AvgIpc) is 2.89. The van der Waals surface area contributed by atoms with Crippen LogP contribution in [0.2, 0.25) is 0 Å². The second-order valence-corrected chi connectivity index (χ2v) is 5.31. The van der Waals surface area contributed by atoms with Crippen molar-refractivity contribution >= 4 is 15.9 Å². The van der Waals surface area contributed by atoms with E-state index >= 15 is 0 Å². The van der Waals surface area contributed by atoms with Crippen LogP contribution in [-0.2, 0) is 6.42 Å². The van der Waals surface area contributed by atoms with Gasteiger partial charge in [-0.2, -0.15) is 4.98 Å². The fourth-order valence-electron chi connectivity index (χ4n) is 1.99. The Morgan fingerprint density at radius 1 is 1.00 bits per heavy atom. The van der Waals surface area contributed by atoms with E-state index in [1.165, 1.54) is 18.2 Å². The van der Waals surface area contributed by atoms with Crippen LogP contribution < -0.4 is 0 Å². The third-order valence-corrected chi connectivity index (χ3v) is 3.78. The van der Waals surface area contributed by atoms with Crippen molar-refractivity contribution in [3.8, 4) is 23.0 Å². The van der Waals surface area contributed by atoms with E-state index in [0.717, 1.165) is 10.0 Å². The van der Waals surface area contributed by atoms with Crippen molar-refractivity contribution in [2.24, 2.45) is 0 Å². The number of benzene rings is 2. The molecule has 0 aliphatic heterocycles. The second kappa shape index (κ2) is 5.57. The van der Waals surface area contributed by atoms with E-state index in [0.29, 0.717) is 12.2 Å². The van der Waals surface area contributed by atoms with Gasteiger partial charge in [0, 0.05) is 10.9 Å². The summed E-state index contributed by atoms with van der Waals surface area (Å²) in [5.74, 6) is 0.351. The highest BCUT2D eigenvalue weighted by Crippen LogP contribution is 2.35. The van der Waals surface area contributed by atoms with Crippen LogP contribution in [0.4, 0.5) is 0 Å². The first-order valence-electron chi connectivity index (χ1n) is 6.22. The SMILES string of the molecule is Oc1cccc(O)c1-c1nc(Cc2ccccc2Br)no1. The van der Waals surface area contributed by atoms with E-state index in [9.17, 15) is 10.2 Å². The van der Waals surface area contributed by atoms with Crippen LogP contribution in [-0.4, -0.2) is 20.4 Å². The quantitative estimate of drug-likeness (QED) is 0.758. The van der Waals surface area contributed by atoms with Crippen molar-refractivity contribution in [1.82, 2.24) is 10.1 Å². The van der Waals surface area contributed by atoms with Gasteiger partial charge in [0.1, 0.15) is 17.1 Å². The molecular formula is C15H11BrN2O3. The van der Waals surface area contributed by atoms with Gasteiger partial charge in [0.25, 0.3) is 5.89 Å². The van der Waals surface area contributed by atoms with Gasteiger partial charge < -0.3 is 14.7 Å². The Kier molecular flexibility index (Phi) is 3.62. The summed E-state index contributed by atoms with van der Waals surface area (Å²) in [5.41, 5.74) is 1.16. The smallest absolute Gasteiger partial charge is 0.265 e. The number of phenols is 2. The molecule has 106 valence electrons. The van der Waals surface area contributed by atoms with Gasteiger partial charge in [-0.05, 0) is 23.8 Å². The summed E-state index contributed by atoms with van der Waals surface area (Å²) in [6.45, 7) is 0. The molecule has 2 aromatic carbocycles. The third kappa shape index (κ3) is 2.75. The van der Waals surface area contributed by atoms with Gasteiger partial charge in [0.15, 0.2) is 5.82 Å². The van der Waals surface area contributed by atoms with Crippen LogP contribution in [0.15, 0.2) is 51.5 Å². The van der Waals surface area contributed by atoms with Gasteiger partial charge in [-0.3, -0.25) is 0 Å². The number of halogens is 1. The molecule has 0 radical (unpaired) electrons. The van der Waals surface area contributed by atoms with Gasteiger partial charge in [0.05, 0.1) is 0 Å². The summed E-state index contributed by atoms with van der Waals surface area (Å²) in [4.78, 5) is 4.22. The zero-order chi connectivity index (χ0) is 14.8. The molecule has 21 heavy (non-hydrogen) atoms. The lowest BCUT2D eigenvalue weighted by Gasteiger charge is -2.01. The fourth-order valence-corrected chi connectivity index (χ4v) is 2.41. The third-order valence-electron chi connectivity index (χ3n) is 3.01. The Morgan fingerprint density at radius 2 is 1.71 bits per heavy atom. The van der Waals surface area contributed by atoms with Crippen molar-refractivity contribution in [1.29, 1.82) is 0 Å². The molecule has 0 saturated heterocycles. The lowest BCUT2D eigenvalue weighted by Crippen LogP contribution is -1.92. The van der Waals surface area contributed by atoms with Gasteiger partial charge >= 0.3 is 0 Å². The van der Waals surface area contributed by atoms with Crippen molar-refractivity contribution in [3.05, 3.63) is 58.3 Å². The van der Waals surface area contributed by atoms with Crippen LogP contribution in [0.1, 0.15) is 11.4 Å². The maximum absolute atomic E-state index is 9.79. The molecule has 1 heterocycles. The number of hydrogen-bond acceptors (Lipinski definition) is 5. The van der Waals surface area contributed by atoms with Crippen molar-refractivity contribution in [2.45, 2.75) is 6.42 Å². The molecule has 0 unspecified atom stereocenters. The molecule has 5 nitrogen and oxygen atoms in total. The van der Waals surface area contributed by atoms with Gasteiger partial charge in [-0.1, -0.05) is 45.4 Å². The molecule has 0 bridgehead atoms. The van der Waals surface area contributed by atoms with Crippen molar-refractivity contribution in [3.63, 3.8) is 0 Å². The van der Waals surface area contributed by atoms with E-state index in [-0.39, 0.29) is 23.0 Å². The van der Waals surface area contributed by atoms with E-state index in [1.807, 2.05) is 24.3 Å². The Hall–Kier alpha value is -2.34. The number of hydrogen-bond donors (Lipinski definition) is 2. The highest BCUT2D eigenvalue weighted by atomic mass is 79.9.